The predicted octanol–water partition coefficient (Wildman–Crippen LogP) is 15.5. The van der Waals surface area contributed by atoms with Gasteiger partial charge >= 0.3 is 0 Å². The van der Waals surface area contributed by atoms with Gasteiger partial charge in [-0.3, -0.25) is 0 Å². The van der Waals surface area contributed by atoms with Crippen LogP contribution in [0.3, 0.4) is 0 Å². The molecule has 0 amide bonds. The smallest absolute Gasteiger partial charge is 0.0544 e. The molecule has 10 aromatic carbocycles. The number of fused-ring (bicyclic) bond motifs is 10. The van der Waals surface area contributed by atoms with Crippen molar-refractivity contribution in [1.82, 2.24) is 9.13 Å². The van der Waals surface area contributed by atoms with Gasteiger partial charge in [-0.25, -0.2) is 0 Å². The molecule has 1 aliphatic rings. The first kappa shape index (κ1) is 34.0. The van der Waals surface area contributed by atoms with Crippen molar-refractivity contribution in [2.45, 2.75) is 5.92 Å². The third-order valence-electron chi connectivity index (χ3n) is 13.2. The second kappa shape index (κ2) is 13.3. The second-order valence-electron chi connectivity index (χ2n) is 16.5. The van der Waals surface area contributed by atoms with Gasteiger partial charge in [0.15, 0.2) is 0 Å². The monoisotopic (exact) mass is 774 g/mol. The molecule has 2 aromatic heterocycles. The van der Waals surface area contributed by atoms with E-state index >= 15 is 0 Å². The van der Waals surface area contributed by atoms with E-state index < -0.39 is 0 Å². The van der Waals surface area contributed by atoms with Crippen LogP contribution in [-0.2, 0) is 0 Å². The number of para-hydroxylation sites is 1. The van der Waals surface area contributed by atoms with E-state index in [0.717, 1.165) is 5.69 Å². The molecule has 0 radical (unpaired) electrons. The van der Waals surface area contributed by atoms with Gasteiger partial charge in [0.2, 0.25) is 0 Å². The molecule has 0 bridgehead atoms. The Morgan fingerprint density at radius 2 is 0.869 bits per heavy atom. The maximum Gasteiger partial charge on any atom is 0.0544 e. The van der Waals surface area contributed by atoms with Crippen LogP contribution in [0.25, 0.3) is 99.1 Å². The first-order valence-electron chi connectivity index (χ1n) is 21.2. The SMILES string of the molecule is c1ccc(-c2cccc(-n3c4ccc(-c5ccc6c(c5)c5ccccc5n6-c5ccc6ccccc6c5)cc4c4cc5c(cc43)C(c3ccccc3)c3ccccc3-5)c2)cc1. The van der Waals surface area contributed by atoms with Gasteiger partial charge in [0.1, 0.15) is 0 Å². The molecular weight excluding hydrogens is 737 g/mol. The number of hydrogen-bond acceptors (Lipinski definition) is 0. The van der Waals surface area contributed by atoms with E-state index in [2.05, 4.69) is 234 Å². The summed E-state index contributed by atoms with van der Waals surface area (Å²) in [6.45, 7) is 0. The molecule has 1 atom stereocenters. The fraction of sp³-hybridized carbons (Fsp3) is 0.0169. The van der Waals surface area contributed by atoms with Crippen molar-refractivity contribution >= 4 is 54.4 Å². The largest absolute Gasteiger partial charge is 0.309 e. The number of benzene rings is 10. The van der Waals surface area contributed by atoms with Gasteiger partial charge in [-0.2, -0.15) is 0 Å². The number of hydrogen-bond donors (Lipinski definition) is 0. The Morgan fingerprint density at radius 3 is 1.69 bits per heavy atom. The average Bonchev–Trinajstić information content (AvgIpc) is 3.96. The Bertz CT molecular complexity index is 3700. The molecule has 1 unspecified atom stereocenters. The van der Waals surface area contributed by atoms with Crippen molar-refractivity contribution in [2.24, 2.45) is 0 Å². The standard InChI is InChI=1S/C59H38N2/c1-3-14-38(15-4-1)42-20-13-21-45(32-42)61-57-31-28-44(35-52(57)53-36-50-47-22-9-10-24-49(47)59(54(50)37-58(53)61)40-17-5-2-6-18-40)43-27-30-56-51(34-43)48-23-11-12-25-55(48)60(56)46-29-26-39-16-7-8-19-41(39)33-46/h1-37,59H. The van der Waals surface area contributed by atoms with Crippen molar-refractivity contribution in [1.29, 1.82) is 0 Å². The molecule has 2 nitrogen and oxygen atoms in total. The quantitative estimate of drug-likeness (QED) is 0.165. The Hall–Kier alpha value is -7.94. The minimum Gasteiger partial charge on any atom is -0.309 e. The summed E-state index contributed by atoms with van der Waals surface area (Å²) in [4.78, 5) is 0. The molecular formula is C59H38N2. The first-order valence-corrected chi connectivity index (χ1v) is 21.2. The average molecular weight is 775 g/mol. The highest BCUT2D eigenvalue weighted by Crippen LogP contribution is 2.51. The van der Waals surface area contributed by atoms with E-state index in [0.29, 0.717) is 0 Å². The third kappa shape index (κ3) is 5.22. The molecule has 0 N–H and O–H groups in total. The van der Waals surface area contributed by atoms with Crippen molar-refractivity contribution in [3.05, 3.63) is 241 Å². The molecule has 0 fully saturated rings. The van der Waals surface area contributed by atoms with Gasteiger partial charge in [0, 0.05) is 38.8 Å². The van der Waals surface area contributed by atoms with E-state index in [9.17, 15) is 0 Å². The van der Waals surface area contributed by atoms with Crippen molar-refractivity contribution < 1.29 is 0 Å². The molecule has 61 heavy (non-hydrogen) atoms. The van der Waals surface area contributed by atoms with E-state index in [1.807, 2.05) is 0 Å². The van der Waals surface area contributed by atoms with Crippen LogP contribution in [0.1, 0.15) is 22.6 Å². The lowest BCUT2D eigenvalue weighted by molar-refractivity contribution is 1.01. The summed E-state index contributed by atoms with van der Waals surface area (Å²) in [5.41, 5.74) is 18.7. The zero-order valence-electron chi connectivity index (χ0n) is 33.3. The van der Waals surface area contributed by atoms with Crippen molar-refractivity contribution in [3.8, 4) is 44.8 Å². The van der Waals surface area contributed by atoms with Gasteiger partial charge in [-0.05, 0) is 128 Å². The summed E-state index contributed by atoms with van der Waals surface area (Å²) in [6, 6.07) is 83.0. The number of rotatable bonds is 5. The Labute approximate surface area is 353 Å². The molecule has 0 spiro atoms. The Morgan fingerprint density at radius 1 is 0.279 bits per heavy atom. The van der Waals surface area contributed by atoms with Crippen LogP contribution in [-0.4, -0.2) is 9.13 Å². The predicted molar refractivity (Wildman–Crippen MR) is 256 cm³/mol. The summed E-state index contributed by atoms with van der Waals surface area (Å²) in [6.07, 6.45) is 0. The van der Waals surface area contributed by atoms with Crippen LogP contribution in [0.15, 0.2) is 224 Å². The summed E-state index contributed by atoms with van der Waals surface area (Å²) in [7, 11) is 0. The lowest BCUT2D eigenvalue weighted by Crippen LogP contribution is -2.00. The van der Waals surface area contributed by atoms with Crippen LogP contribution >= 0.6 is 0 Å². The minimum absolute atomic E-state index is 0.165. The van der Waals surface area contributed by atoms with Crippen LogP contribution in [0.4, 0.5) is 0 Å². The van der Waals surface area contributed by atoms with Crippen LogP contribution in [0.2, 0.25) is 0 Å². The van der Waals surface area contributed by atoms with Crippen molar-refractivity contribution in [2.75, 3.05) is 0 Å². The van der Waals surface area contributed by atoms with Crippen LogP contribution in [0.5, 0.6) is 0 Å². The zero-order valence-corrected chi connectivity index (χ0v) is 33.3. The fourth-order valence-corrected chi connectivity index (χ4v) is 10.4. The zero-order chi connectivity index (χ0) is 40.0. The first-order chi connectivity index (χ1) is 30.2. The fourth-order valence-electron chi connectivity index (χ4n) is 10.4. The summed E-state index contributed by atoms with van der Waals surface area (Å²) < 4.78 is 4.91. The number of nitrogens with zero attached hydrogens (tertiary/aromatic N) is 2. The maximum absolute atomic E-state index is 2.49. The molecule has 1 aliphatic carbocycles. The van der Waals surface area contributed by atoms with E-state index in [-0.39, 0.29) is 5.92 Å². The lowest BCUT2D eigenvalue weighted by atomic mass is 9.89. The molecule has 12 aromatic rings. The van der Waals surface area contributed by atoms with Crippen LogP contribution < -0.4 is 0 Å². The Kier molecular flexibility index (Phi) is 7.40. The van der Waals surface area contributed by atoms with Gasteiger partial charge < -0.3 is 9.13 Å². The highest BCUT2D eigenvalue weighted by atomic mass is 15.0. The number of aromatic nitrogens is 2. The highest BCUT2D eigenvalue weighted by Gasteiger charge is 2.31. The molecule has 13 rings (SSSR count). The summed E-state index contributed by atoms with van der Waals surface area (Å²) >= 11 is 0. The molecule has 0 saturated heterocycles. The Balaban J connectivity index is 1.04. The maximum atomic E-state index is 2.49. The minimum atomic E-state index is 0.165. The second-order valence-corrected chi connectivity index (χ2v) is 16.5. The van der Waals surface area contributed by atoms with E-state index in [4.69, 9.17) is 0 Å². The third-order valence-corrected chi connectivity index (χ3v) is 13.2. The van der Waals surface area contributed by atoms with Gasteiger partial charge in [-0.1, -0.05) is 158 Å². The highest BCUT2D eigenvalue weighted by molar-refractivity contribution is 6.14. The van der Waals surface area contributed by atoms with Gasteiger partial charge in [-0.15, -0.1) is 0 Å². The molecule has 284 valence electrons. The lowest BCUT2D eigenvalue weighted by Gasteiger charge is -2.15. The topological polar surface area (TPSA) is 9.86 Å². The normalized spacial score (nSPS) is 13.4. The molecule has 0 aliphatic heterocycles. The summed E-state index contributed by atoms with van der Waals surface area (Å²) in [5.74, 6) is 0.165. The van der Waals surface area contributed by atoms with Crippen molar-refractivity contribution in [3.63, 3.8) is 0 Å². The molecule has 2 heterocycles. The van der Waals surface area contributed by atoms with E-state index in [1.54, 1.807) is 0 Å². The van der Waals surface area contributed by atoms with E-state index in [1.165, 1.54) is 110 Å². The van der Waals surface area contributed by atoms with Gasteiger partial charge in [0.05, 0.1) is 22.1 Å². The molecule has 0 saturated carbocycles. The van der Waals surface area contributed by atoms with Crippen LogP contribution in [0, 0.1) is 0 Å². The summed E-state index contributed by atoms with van der Waals surface area (Å²) in [5, 5.41) is 7.51. The van der Waals surface area contributed by atoms with Gasteiger partial charge in [0.25, 0.3) is 0 Å². The molecule has 2 heteroatoms.